The number of hydrogen-bond acceptors (Lipinski definition) is 3. The van der Waals surface area contributed by atoms with Crippen LogP contribution in [-0.2, 0) is 18.9 Å². The summed E-state index contributed by atoms with van der Waals surface area (Å²) in [4.78, 5) is 2.93. The van der Waals surface area contributed by atoms with Crippen LogP contribution in [0.5, 0.6) is 5.75 Å². The average Bonchev–Trinajstić information content (AvgIpc) is 2.72. The maximum absolute atomic E-state index is 14.7. The lowest BCUT2D eigenvalue weighted by atomic mass is 9.83. The summed E-state index contributed by atoms with van der Waals surface area (Å²) in [6.45, 7) is 2.32. The Labute approximate surface area is 173 Å². The standard InChI is InChI=1S/C24H21F2NOS/c1-16-6-10-20(11-7-16)29-28-19-9-8-17-13-23-21-4-2-3-5-22(21)24(25,26)15-27(23)14-18(17)12-19/h2-12,23H,13-15H2,1H3. The van der Waals surface area contributed by atoms with Crippen LogP contribution in [0.25, 0.3) is 0 Å². The van der Waals surface area contributed by atoms with E-state index in [9.17, 15) is 8.78 Å². The van der Waals surface area contributed by atoms with Crippen molar-refractivity contribution in [1.82, 2.24) is 4.90 Å². The SMILES string of the molecule is Cc1ccc(SOc2ccc3c(c2)CN2CC(F)(F)c4ccccc4C2C3)cc1. The van der Waals surface area contributed by atoms with Gasteiger partial charge in [-0.05, 0) is 54.3 Å². The molecule has 2 aliphatic heterocycles. The highest BCUT2D eigenvalue weighted by atomic mass is 32.2. The molecule has 29 heavy (non-hydrogen) atoms. The second kappa shape index (κ2) is 7.15. The van der Waals surface area contributed by atoms with E-state index < -0.39 is 5.92 Å². The molecule has 2 aliphatic rings. The lowest BCUT2D eigenvalue weighted by molar-refractivity contribution is -0.0691. The number of alkyl halides is 2. The van der Waals surface area contributed by atoms with E-state index in [2.05, 4.69) is 13.0 Å². The monoisotopic (exact) mass is 409 g/mol. The van der Waals surface area contributed by atoms with Crippen LogP contribution in [0.1, 0.15) is 33.9 Å². The van der Waals surface area contributed by atoms with Gasteiger partial charge in [-0.3, -0.25) is 4.90 Å². The number of rotatable bonds is 3. The van der Waals surface area contributed by atoms with Gasteiger partial charge in [-0.1, -0.05) is 48.0 Å². The van der Waals surface area contributed by atoms with Crippen LogP contribution in [0.4, 0.5) is 8.78 Å². The van der Waals surface area contributed by atoms with Gasteiger partial charge < -0.3 is 4.18 Å². The second-order valence-corrected chi connectivity index (χ2v) is 8.63. The topological polar surface area (TPSA) is 12.5 Å². The van der Waals surface area contributed by atoms with E-state index in [0.717, 1.165) is 28.2 Å². The van der Waals surface area contributed by atoms with Gasteiger partial charge in [0, 0.05) is 23.0 Å². The van der Waals surface area contributed by atoms with Crippen LogP contribution in [0.15, 0.2) is 71.6 Å². The Balaban J connectivity index is 1.38. The molecule has 0 saturated heterocycles. The summed E-state index contributed by atoms with van der Waals surface area (Å²) < 4.78 is 35.3. The predicted molar refractivity (Wildman–Crippen MR) is 111 cm³/mol. The molecule has 0 bridgehead atoms. The Hall–Kier alpha value is -2.37. The maximum atomic E-state index is 14.7. The number of hydrogen-bond donors (Lipinski definition) is 0. The summed E-state index contributed by atoms with van der Waals surface area (Å²) in [6, 6.07) is 21.2. The molecule has 2 nitrogen and oxygen atoms in total. The first kappa shape index (κ1) is 18.6. The highest BCUT2D eigenvalue weighted by molar-refractivity contribution is 7.95. The molecule has 0 amide bonds. The van der Waals surface area contributed by atoms with Gasteiger partial charge >= 0.3 is 0 Å². The van der Waals surface area contributed by atoms with E-state index in [1.165, 1.54) is 23.2 Å². The normalized spacial score (nSPS) is 19.8. The zero-order valence-corrected chi connectivity index (χ0v) is 16.9. The van der Waals surface area contributed by atoms with Crippen molar-refractivity contribution in [2.75, 3.05) is 6.54 Å². The number of aryl methyl sites for hydroxylation is 1. The van der Waals surface area contributed by atoms with Crippen LogP contribution in [0, 0.1) is 6.92 Å². The van der Waals surface area contributed by atoms with Gasteiger partial charge in [0.05, 0.1) is 18.6 Å². The molecule has 5 rings (SSSR count). The molecule has 0 aromatic heterocycles. The van der Waals surface area contributed by atoms with E-state index in [1.54, 1.807) is 12.1 Å². The quantitative estimate of drug-likeness (QED) is 0.472. The molecule has 5 heteroatoms. The highest BCUT2D eigenvalue weighted by Crippen LogP contribution is 2.46. The molecule has 148 valence electrons. The minimum atomic E-state index is -2.82. The molecular weight excluding hydrogens is 388 g/mol. The van der Waals surface area contributed by atoms with Gasteiger partial charge in [-0.25, -0.2) is 0 Å². The molecule has 2 heterocycles. The Morgan fingerprint density at radius 1 is 1.00 bits per heavy atom. The summed E-state index contributed by atoms with van der Waals surface area (Å²) in [5.74, 6) is -2.07. The van der Waals surface area contributed by atoms with Crippen molar-refractivity contribution >= 4 is 12.0 Å². The third-order valence-electron chi connectivity index (χ3n) is 5.78. The van der Waals surface area contributed by atoms with Crippen LogP contribution in [-0.4, -0.2) is 11.4 Å². The predicted octanol–water partition coefficient (Wildman–Crippen LogP) is 6.29. The van der Waals surface area contributed by atoms with Crippen molar-refractivity contribution in [2.24, 2.45) is 0 Å². The minimum Gasteiger partial charge on any atom is -0.421 e. The molecular formula is C24H21F2NOS. The van der Waals surface area contributed by atoms with Crippen molar-refractivity contribution in [3.05, 3.63) is 94.5 Å². The van der Waals surface area contributed by atoms with E-state index >= 15 is 0 Å². The summed E-state index contributed by atoms with van der Waals surface area (Å²) in [6.07, 6.45) is 0.744. The fourth-order valence-corrected chi connectivity index (χ4v) is 4.83. The summed E-state index contributed by atoms with van der Waals surface area (Å²) in [5, 5.41) is 0. The van der Waals surface area contributed by atoms with Gasteiger partial charge in [-0.2, -0.15) is 8.78 Å². The second-order valence-electron chi connectivity index (χ2n) is 7.83. The first-order valence-corrected chi connectivity index (χ1v) is 10.5. The molecule has 0 spiro atoms. The zero-order valence-electron chi connectivity index (χ0n) is 16.1. The fourth-order valence-electron chi connectivity index (χ4n) is 4.29. The lowest BCUT2D eigenvalue weighted by Crippen LogP contribution is -2.46. The summed E-state index contributed by atoms with van der Waals surface area (Å²) >= 11 is 1.31. The molecule has 3 aromatic rings. The van der Waals surface area contributed by atoms with Crippen molar-refractivity contribution in [3.63, 3.8) is 0 Å². The Morgan fingerprint density at radius 2 is 1.79 bits per heavy atom. The van der Waals surface area contributed by atoms with Crippen LogP contribution >= 0.6 is 12.0 Å². The Bertz CT molecular complexity index is 1050. The largest absolute Gasteiger partial charge is 0.421 e. The van der Waals surface area contributed by atoms with E-state index in [1.807, 2.05) is 53.4 Å². The summed E-state index contributed by atoms with van der Waals surface area (Å²) in [7, 11) is 0. The molecule has 0 radical (unpaired) electrons. The number of fused-ring (bicyclic) bond motifs is 4. The third-order valence-corrected chi connectivity index (χ3v) is 6.52. The van der Waals surface area contributed by atoms with Crippen LogP contribution in [0.2, 0.25) is 0 Å². The van der Waals surface area contributed by atoms with Crippen molar-refractivity contribution in [2.45, 2.75) is 36.7 Å². The van der Waals surface area contributed by atoms with Gasteiger partial charge in [0.25, 0.3) is 5.92 Å². The van der Waals surface area contributed by atoms with Crippen molar-refractivity contribution in [1.29, 1.82) is 0 Å². The van der Waals surface area contributed by atoms with E-state index in [0.29, 0.717) is 6.54 Å². The first-order chi connectivity index (χ1) is 14.0. The smallest absolute Gasteiger partial charge is 0.286 e. The molecule has 0 fully saturated rings. The first-order valence-electron chi connectivity index (χ1n) is 9.74. The van der Waals surface area contributed by atoms with Gasteiger partial charge in [0.2, 0.25) is 0 Å². The molecule has 3 aromatic carbocycles. The van der Waals surface area contributed by atoms with Crippen LogP contribution in [0.3, 0.4) is 0 Å². The van der Waals surface area contributed by atoms with E-state index in [-0.39, 0.29) is 18.2 Å². The van der Waals surface area contributed by atoms with Gasteiger partial charge in [-0.15, -0.1) is 0 Å². The van der Waals surface area contributed by atoms with Gasteiger partial charge in [0.1, 0.15) is 5.75 Å². The zero-order chi connectivity index (χ0) is 20.0. The van der Waals surface area contributed by atoms with E-state index in [4.69, 9.17) is 4.18 Å². The van der Waals surface area contributed by atoms with Gasteiger partial charge in [0.15, 0.2) is 0 Å². The van der Waals surface area contributed by atoms with Crippen molar-refractivity contribution in [3.8, 4) is 5.75 Å². The highest BCUT2D eigenvalue weighted by Gasteiger charge is 2.45. The third kappa shape index (κ3) is 3.53. The average molecular weight is 410 g/mol. The van der Waals surface area contributed by atoms with Crippen molar-refractivity contribution < 1.29 is 13.0 Å². The molecule has 0 N–H and O–H groups in total. The fraction of sp³-hybridized carbons (Fsp3) is 0.250. The number of halogens is 2. The maximum Gasteiger partial charge on any atom is 0.286 e. The van der Waals surface area contributed by atoms with Crippen LogP contribution < -0.4 is 4.18 Å². The number of benzene rings is 3. The molecule has 0 saturated carbocycles. The Kier molecular flexibility index (Phi) is 4.60. The molecule has 0 aliphatic carbocycles. The molecule has 1 unspecified atom stereocenters. The summed E-state index contributed by atoms with van der Waals surface area (Å²) in [5.41, 5.74) is 4.42. The minimum absolute atomic E-state index is 0.00651. The lowest BCUT2D eigenvalue weighted by Gasteiger charge is -2.44. The molecule has 1 atom stereocenters. The Morgan fingerprint density at radius 3 is 2.62 bits per heavy atom. The number of nitrogens with zero attached hydrogens (tertiary/aromatic N) is 1.